The highest BCUT2D eigenvalue weighted by Gasteiger charge is 2.53. The molecule has 2 aliphatic carbocycles. The summed E-state index contributed by atoms with van der Waals surface area (Å²) in [6.07, 6.45) is 10.2. The van der Waals surface area contributed by atoms with Gasteiger partial charge in [0.05, 0.1) is 31.5 Å². The first kappa shape index (κ1) is 28.8. The Morgan fingerprint density at radius 2 is 1.93 bits per heavy atom. The van der Waals surface area contributed by atoms with Crippen molar-refractivity contribution in [3.05, 3.63) is 76.2 Å². The number of amides is 1. The molecule has 2 aromatic heterocycles. The van der Waals surface area contributed by atoms with Crippen molar-refractivity contribution in [2.75, 3.05) is 51.7 Å². The van der Waals surface area contributed by atoms with Crippen LogP contribution in [0.2, 0.25) is 0 Å². The van der Waals surface area contributed by atoms with E-state index in [9.17, 15) is 4.79 Å². The molecule has 3 aromatic rings. The minimum absolute atomic E-state index is 0.0223. The van der Waals surface area contributed by atoms with Gasteiger partial charge in [-0.1, -0.05) is 6.07 Å². The minimum atomic E-state index is -0.251. The molecule has 44 heavy (non-hydrogen) atoms. The van der Waals surface area contributed by atoms with Crippen molar-refractivity contribution in [3.8, 4) is 5.75 Å². The Labute approximate surface area is 259 Å². The number of hydrogen-bond donors (Lipinski definition) is 1. The fraction of sp³-hybridized carbons (Fsp3) is 0.529. The van der Waals surface area contributed by atoms with Crippen LogP contribution in [-0.2, 0) is 18.5 Å². The molecular weight excluding hydrogens is 552 g/mol. The van der Waals surface area contributed by atoms with Crippen LogP contribution in [0.25, 0.3) is 4.85 Å². The Kier molecular flexibility index (Phi) is 7.55. The summed E-state index contributed by atoms with van der Waals surface area (Å²) in [5.74, 6) is 1.39. The van der Waals surface area contributed by atoms with Crippen LogP contribution in [0.1, 0.15) is 78.3 Å². The number of fused-ring (bicyclic) bond motifs is 2. The summed E-state index contributed by atoms with van der Waals surface area (Å²) < 4.78 is 7.86. The second-order valence-corrected chi connectivity index (χ2v) is 12.9. The van der Waals surface area contributed by atoms with Crippen LogP contribution in [0.15, 0.2) is 36.8 Å². The molecule has 2 saturated carbocycles. The molecule has 1 N–H and O–H groups in total. The quantitative estimate of drug-likeness (QED) is 0.336. The first-order valence-electron chi connectivity index (χ1n) is 16.1. The number of carbonyl (C=O) groups is 1. The van der Waals surface area contributed by atoms with E-state index in [1.54, 1.807) is 12.4 Å². The molecule has 1 saturated heterocycles. The highest BCUT2D eigenvalue weighted by atomic mass is 16.5. The van der Waals surface area contributed by atoms with Crippen LogP contribution in [0.5, 0.6) is 5.75 Å². The van der Waals surface area contributed by atoms with E-state index in [-0.39, 0.29) is 17.4 Å². The largest absolute Gasteiger partial charge is 0.505 e. The fourth-order valence-corrected chi connectivity index (χ4v) is 7.30. The van der Waals surface area contributed by atoms with Gasteiger partial charge >= 0.3 is 0 Å². The number of benzene rings is 1. The van der Waals surface area contributed by atoms with Crippen molar-refractivity contribution in [2.45, 2.75) is 70.1 Å². The Hall–Kier alpha value is -3.94. The molecule has 4 heterocycles. The molecule has 1 spiro atoms. The minimum Gasteiger partial charge on any atom is -0.505 e. The smallest absolute Gasteiger partial charge is 0.254 e. The van der Waals surface area contributed by atoms with Gasteiger partial charge in [0.2, 0.25) is 11.6 Å². The molecule has 7 rings (SSSR count). The molecule has 1 amide bonds. The standard InChI is InChI=1S/C34H42N8O2/c1-5-44-30-18-28(38-19-29(30)35-3)23(2)42-22-34(8-9-34)31-25(21-39-12-14-40(15-13-39)26-6-7-26)16-24(17-27(31)32(42)43)20-41-11-10-37-33(41)36-4/h10-11,16-19,23,26H,5-9,12-15,20-22H2,1-2,4H3,(H,36,37)/t23-/m0/s1. The third kappa shape index (κ3) is 5.33. The van der Waals surface area contributed by atoms with E-state index in [4.69, 9.17) is 11.3 Å². The second-order valence-electron chi connectivity index (χ2n) is 12.9. The Bertz CT molecular complexity index is 1590. The number of hydrogen-bond acceptors (Lipinski definition) is 7. The van der Waals surface area contributed by atoms with Crippen molar-refractivity contribution in [3.63, 3.8) is 0 Å². The van der Waals surface area contributed by atoms with Gasteiger partial charge in [0, 0.05) is 81.9 Å². The van der Waals surface area contributed by atoms with Gasteiger partial charge in [-0.3, -0.25) is 19.6 Å². The number of piperazine rings is 1. The zero-order chi connectivity index (χ0) is 30.4. The Morgan fingerprint density at radius 1 is 1.14 bits per heavy atom. The molecule has 0 unspecified atom stereocenters. The summed E-state index contributed by atoms with van der Waals surface area (Å²) in [7, 11) is 1.88. The van der Waals surface area contributed by atoms with Crippen LogP contribution in [0.4, 0.5) is 11.6 Å². The number of imidazole rings is 1. The van der Waals surface area contributed by atoms with Gasteiger partial charge in [-0.05, 0) is 68.4 Å². The first-order chi connectivity index (χ1) is 21.4. The molecule has 10 nitrogen and oxygen atoms in total. The maximum Gasteiger partial charge on any atom is 0.254 e. The average Bonchev–Trinajstić information content (AvgIpc) is 3.98. The van der Waals surface area contributed by atoms with Crippen LogP contribution in [0.3, 0.4) is 0 Å². The van der Waals surface area contributed by atoms with Crippen LogP contribution < -0.4 is 10.1 Å². The highest BCUT2D eigenvalue weighted by molar-refractivity contribution is 5.99. The lowest BCUT2D eigenvalue weighted by Gasteiger charge is -2.41. The number of carbonyl (C=O) groups excluding carboxylic acids is 1. The predicted octanol–water partition coefficient (Wildman–Crippen LogP) is 4.85. The number of rotatable bonds is 10. The summed E-state index contributed by atoms with van der Waals surface area (Å²) in [6, 6.07) is 6.88. The number of nitrogens with zero attached hydrogens (tertiary/aromatic N) is 7. The molecule has 0 bridgehead atoms. The third-order valence-corrected chi connectivity index (χ3v) is 9.97. The van der Waals surface area contributed by atoms with Gasteiger partial charge in [-0.15, -0.1) is 0 Å². The molecule has 4 aliphatic rings. The lowest BCUT2D eigenvalue weighted by molar-refractivity contribution is 0.0632. The molecule has 10 heteroatoms. The number of aromatic nitrogens is 3. The monoisotopic (exact) mass is 594 g/mol. The summed E-state index contributed by atoms with van der Waals surface area (Å²) in [5, 5.41) is 3.18. The van der Waals surface area contributed by atoms with Crippen molar-refractivity contribution < 1.29 is 9.53 Å². The van der Waals surface area contributed by atoms with E-state index in [1.165, 1.54) is 24.0 Å². The van der Waals surface area contributed by atoms with Gasteiger partial charge in [-0.25, -0.2) is 9.83 Å². The van der Waals surface area contributed by atoms with Crippen molar-refractivity contribution in [2.24, 2.45) is 0 Å². The van der Waals surface area contributed by atoms with Crippen molar-refractivity contribution in [1.82, 2.24) is 29.2 Å². The second kappa shape index (κ2) is 11.5. The third-order valence-electron chi connectivity index (χ3n) is 9.97. The van der Waals surface area contributed by atoms with Gasteiger partial charge in [0.25, 0.3) is 5.91 Å². The van der Waals surface area contributed by atoms with Crippen molar-refractivity contribution in [1.29, 1.82) is 0 Å². The molecular formula is C34H42N8O2. The van der Waals surface area contributed by atoms with Crippen molar-refractivity contribution >= 4 is 17.5 Å². The number of ether oxygens (including phenoxy) is 1. The number of anilines is 1. The summed E-state index contributed by atoms with van der Waals surface area (Å²) >= 11 is 0. The van der Waals surface area contributed by atoms with E-state index in [2.05, 4.69) is 46.6 Å². The predicted molar refractivity (Wildman–Crippen MR) is 169 cm³/mol. The summed E-state index contributed by atoms with van der Waals surface area (Å²) in [6.45, 7) is 18.5. The average molecular weight is 595 g/mol. The van der Waals surface area contributed by atoms with Crippen LogP contribution in [0, 0.1) is 6.57 Å². The maximum absolute atomic E-state index is 14.5. The van der Waals surface area contributed by atoms with E-state index in [1.807, 2.05) is 38.1 Å². The van der Waals surface area contributed by atoms with E-state index in [0.717, 1.165) is 74.4 Å². The van der Waals surface area contributed by atoms with Gasteiger partial charge < -0.3 is 19.5 Å². The molecule has 0 radical (unpaired) electrons. The van der Waals surface area contributed by atoms with Gasteiger partial charge in [0.1, 0.15) is 5.75 Å². The molecule has 230 valence electrons. The normalized spacial score (nSPS) is 20.3. The van der Waals surface area contributed by atoms with Gasteiger partial charge in [-0.2, -0.15) is 0 Å². The topological polar surface area (TPSA) is 83.1 Å². The number of nitrogens with one attached hydrogen (secondary N) is 1. The molecule has 3 fully saturated rings. The molecule has 2 aliphatic heterocycles. The van der Waals surface area contributed by atoms with Crippen LogP contribution >= 0.6 is 0 Å². The maximum atomic E-state index is 14.5. The van der Waals surface area contributed by atoms with E-state index in [0.29, 0.717) is 31.1 Å². The lowest BCUT2D eigenvalue weighted by Crippen LogP contribution is -2.48. The SMILES string of the molecule is [C-]#[N+]c1cnc([C@H](C)N2CC3(CC3)c3c(CN4CCN(C5CC5)CC4)cc(Cn4ccnc4NC)cc3C2=O)cc1OCC. The first-order valence-corrected chi connectivity index (χ1v) is 16.1. The number of pyridine rings is 1. The Balaban J connectivity index is 1.24. The zero-order valence-corrected chi connectivity index (χ0v) is 26.1. The van der Waals surface area contributed by atoms with E-state index < -0.39 is 0 Å². The van der Waals surface area contributed by atoms with Gasteiger partial charge in [0.15, 0.2) is 0 Å². The Morgan fingerprint density at radius 3 is 2.61 bits per heavy atom. The lowest BCUT2D eigenvalue weighted by atomic mass is 9.81. The van der Waals surface area contributed by atoms with Crippen LogP contribution in [-0.4, -0.2) is 87.6 Å². The fourth-order valence-electron chi connectivity index (χ4n) is 7.30. The highest BCUT2D eigenvalue weighted by Crippen LogP contribution is 2.55. The zero-order valence-electron chi connectivity index (χ0n) is 26.1. The molecule has 1 atom stereocenters. The summed E-state index contributed by atoms with van der Waals surface area (Å²) in [5.41, 5.74) is 5.64. The molecule has 1 aromatic carbocycles. The van der Waals surface area contributed by atoms with E-state index >= 15 is 0 Å². The summed E-state index contributed by atoms with van der Waals surface area (Å²) in [4.78, 5) is 34.4.